The van der Waals surface area contributed by atoms with Gasteiger partial charge in [-0.25, -0.2) is 19.9 Å². The Hall–Kier alpha value is -4.93. The lowest BCUT2D eigenvalue weighted by atomic mass is 10.1. The minimum Gasteiger partial charge on any atom is -0.324 e. The number of nitrogens with zero attached hydrogens (tertiary/aromatic N) is 7. The first-order chi connectivity index (χ1) is 17.6. The first kappa shape index (κ1) is 20.4. The molecule has 7 rings (SSSR count). The Morgan fingerprint density at radius 1 is 1.08 bits per heavy atom. The van der Waals surface area contributed by atoms with E-state index in [9.17, 15) is 4.79 Å². The van der Waals surface area contributed by atoms with E-state index in [0.29, 0.717) is 34.0 Å². The van der Waals surface area contributed by atoms with Crippen LogP contribution in [0.4, 0.5) is 5.69 Å². The number of carbonyl (C=O) groups is 1. The van der Waals surface area contributed by atoms with Crippen LogP contribution in [0.1, 0.15) is 18.5 Å². The summed E-state index contributed by atoms with van der Waals surface area (Å²) in [4.78, 5) is 37.9. The third kappa shape index (κ3) is 3.49. The Labute approximate surface area is 204 Å². The van der Waals surface area contributed by atoms with Crippen LogP contribution in [-0.2, 0) is 4.79 Å². The Bertz CT molecular complexity index is 1770. The highest BCUT2D eigenvalue weighted by Crippen LogP contribution is 2.32. The van der Waals surface area contributed by atoms with Crippen LogP contribution in [0, 0.1) is 12.8 Å². The number of aromatic nitrogens is 9. The molecule has 0 aromatic carbocycles. The molecule has 1 aliphatic rings. The Kier molecular flexibility index (Phi) is 4.43. The van der Waals surface area contributed by atoms with Gasteiger partial charge in [-0.3, -0.25) is 14.9 Å². The summed E-state index contributed by atoms with van der Waals surface area (Å²) in [6.07, 6.45) is 12.5. The van der Waals surface area contributed by atoms with E-state index in [1.807, 2.05) is 35.9 Å². The van der Waals surface area contributed by atoms with Crippen molar-refractivity contribution in [3.63, 3.8) is 0 Å². The zero-order valence-electron chi connectivity index (χ0n) is 19.2. The smallest absolute Gasteiger partial charge is 0.227 e. The van der Waals surface area contributed by atoms with Gasteiger partial charge in [0.25, 0.3) is 0 Å². The number of aryl methyl sites for hydroxylation is 1. The van der Waals surface area contributed by atoms with E-state index in [0.717, 1.165) is 40.7 Å². The Morgan fingerprint density at radius 3 is 2.81 bits per heavy atom. The minimum absolute atomic E-state index is 0.0448. The number of rotatable bonds is 5. The monoisotopic (exact) mass is 476 g/mol. The molecule has 6 aromatic rings. The van der Waals surface area contributed by atoms with Crippen LogP contribution >= 0.6 is 0 Å². The van der Waals surface area contributed by atoms with E-state index in [-0.39, 0.29) is 11.8 Å². The molecule has 0 spiro atoms. The van der Waals surface area contributed by atoms with Crippen LogP contribution in [0.25, 0.3) is 50.5 Å². The van der Waals surface area contributed by atoms with Crippen molar-refractivity contribution < 1.29 is 4.79 Å². The summed E-state index contributed by atoms with van der Waals surface area (Å²) in [5, 5.41) is 11.2. The molecule has 11 nitrogen and oxygen atoms in total. The van der Waals surface area contributed by atoms with E-state index in [2.05, 4.69) is 40.4 Å². The number of nitrogens with one attached hydrogen (secondary N) is 3. The first-order valence-electron chi connectivity index (χ1n) is 11.6. The predicted molar refractivity (Wildman–Crippen MR) is 133 cm³/mol. The molecule has 0 unspecified atom stereocenters. The molecule has 176 valence electrons. The molecule has 6 aromatic heterocycles. The average Bonchev–Trinajstić information content (AvgIpc) is 3.30. The van der Waals surface area contributed by atoms with Crippen molar-refractivity contribution in [2.75, 3.05) is 5.32 Å². The van der Waals surface area contributed by atoms with Gasteiger partial charge in [-0.1, -0.05) is 0 Å². The summed E-state index contributed by atoms with van der Waals surface area (Å²) in [6, 6.07) is 5.80. The third-order valence-corrected chi connectivity index (χ3v) is 6.28. The van der Waals surface area contributed by atoms with Gasteiger partial charge in [0.15, 0.2) is 17.1 Å². The standard InChI is InChI=1S/C25H20N10O/c1-13-11-35(12-29-13)19-4-5-27-23-21(19)31-24(32-23)20-18-7-16(9-28-22(18)34-33-20)15-6-17(10-26-8-15)30-25(36)14-2-3-14/h4-12,14H,2-3H2,1H3,(H,30,36)(H,27,31,32)(H,28,33,34). The molecule has 6 heterocycles. The van der Waals surface area contributed by atoms with E-state index >= 15 is 0 Å². The number of fused-ring (bicyclic) bond motifs is 2. The molecular weight excluding hydrogens is 456 g/mol. The van der Waals surface area contributed by atoms with Crippen molar-refractivity contribution in [3.8, 4) is 28.3 Å². The second-order valence-corrected chi connectivity index (χ2v) is 8.95. The number of hydrogen-bond acceptors (Lipinski definition) is 7. The van der Waals surface area contributed by atoms with Crippen LogP contribution in [0.2, 0.25) is 0 Å². The minimum atomic E-state index is 0.0448. The molecule has 0 atom stereocenters. The summed E-state index contributed by atoms with van der Waals surface area (Å²) < 4.78 is 1.92. The quantitative estimate of drug-likeness (QED) is 0.343. The molecule has 0 aliphatic heterocycles. The first-order valence-corrected chi connectivity index (χ1v) is 11.6. The van der Waals surface area contributed by atoms with E-state index in [1.54, 1.807) is 31.1 Å². The van der Waals surface area contributed by atoms with E-state index in [1.165, 1.54) is 0 Å². The molecule has 0 saturated heterocycles. The largest absolute Gasteiger partial charge is 0.324 e. The van der Waals surface area contributed by atoms with Crippen molar-refractivity contribution in [3.05, 3.63) is 61.2 Å². The molecule has 0 bridgehead atoms. The number of carbonyl (C=O) groups excluding carboxylic acids is 1. The topological polar surface area (TPSA) is 143 Å². The molecule has 36 heavy (non-hydrogen) atoms. The fraction of sp³-hybridized carbons (Fsp3) is 0.160. The van der Waals surface area contributed by atoms with Gasteiger partial charge in [0.2, 0.25) is 5.91 Å². The summed E-state index contributed by atoms with van der Waals surface area (Å²) in [5.74, 6) is 0.746. The zero-order valence-corrected chi connectivity index (χ0v) is 19.2. The van der Waals surface area contributed by atoms with Gasteiger partial charge < -0.3 is 14.9 Å². The van der Waals surface area contributed by atoms with Crippen LogP contribution in [0.5, 0.6) is 0 Å². The second kappa shape index (κ2) is 7.80. The van der Waals surface area contributed by atoms with Crippen molar-refractivity contribution in [1.29, 1.82) is 0 Å². The van der Waals surface area contributed by atoms with Crippen LogP contribution in [0.3, 0.4) is 0 Å². The summed E-state index contributed by atoms with van der Waals surface area (Å²) in [7, 11) is 0. The highest BCUT2D eigenvalue weighted by atomic mass is 16.2. The third-order valence-electron chi connectivity index (χ3n) is 6.28. The van der Waals surface area contributed by atoms with Crippen molar-refractivity contribution in [2.24, 2.45) is 5.92 Å². The molecule has 1 amide bonds. The molecule has 0 radical (unpaired) electrons. The zero-order chi connectivity index (χ0) is 24.2. The number of aromatic amines is 2. The fourth-order valence-corrected chi connectivity index (χ4v) is 4.27. The molecular formula is C25H20N10O. The van der Waals surface area contributed by atoms with Gasteiger partial charge in [-0.05, 0) is 38.0 Å². The van der Waals surface area contributed by atoms with Crippen LogP contribution in [0.15, 0.2) is 55.5 Å². The average molecular weight is 477 g/mol. The maximum absolute atomic E-state index is 12.2. The second-order valence-electron chi connectivity index (χ2n) is 8.95. The van der Waals surface area contributed by atoms with E-state index in [4.69, 9.17) is 4.98 Å². The summed E-state index contributed by atoms with van der Waals surface area (Å²) >= 11 is 0. The van der Waals surface area contributed by atoms with Gasteiger partial charge in [-0.2, -0.15) is 5.10 Å². The van der Waals surface area contributed by atoms with Gasteiger partial charge in [0.05, 0.1) is 35.0 Å². The summed E-state index contributed by atoms with van der Waals surface area (Å²) in [5.41, 5.74) is 6.79. The normalized spacial score (nSPS) is 13.5. The maximum Gasteiger partial charge on any atom is 0.227 e. The molecule has 1 aliphatic carbocycles. The SMILES string of the molecule is Cc1cn(-c2ccnc3[nH]c(-c4n[nH]c5ncc(-c6cncc(NC(=O)C7CC7)c6)cc45)nc23)cn1. The summed E-state index contributed by atoms with van der Waals surface area (Å²) in [6.45, 7) is 1.94. The highest BCUT2D eigenvalue weighted by Gasteiger charge is 2.29. The number of hydrogen-bond donors (Lipinski definition) is 3. The number of H-pyrrole nitrogens is 2. The van der Waals surface area contributed by atoms with Gasteiger partial charge >= 0.3 is 0 Å². The Balaban J connectivity index is 1.28. The number of imidazole rings is 2. The predicted octanol–water partition coefficient (Wildman–Crippen LogP) is 3.80. The number of amides is 1. The molecule has 11 heteroatoms. The lowest BCUT2D eigenvalue weighted by Crippen LogP contribution is -2.13. The molecule has 3 N–H and O–H groups in total. The molecule has 1 fully saturated rings. The van der Waals surface area contributed by atoms with Gasteiger partial charge in [0.1, 0.15) is 11.2 Å². The van der Waals surface area contributed by atoms with Crippen molar-refractivity contribution in [2.45, 2.75) is 19.8 Å². The van der Waals surface area contributed by atoms with Crippen molar-refractivity contribution in [1.82, 2.24) is 44.7 Å². The van der Waals surface area contributed by atoms with Gasteiger partial charge in [0, 0.05) is 41.8 Å². The lowest BCUT2D eigenvalue weighted by molar-refractivity contribution is -0.117. The Morgan fingerprint density at radius 2 is 1.97 bits per heavy atom. The van der Waals surface area contributed by atoms with Crippen LogP contribution in [-0.4, -0.2) is 50.6 Å². The van der Waals surface area contributed by atoms with Gasteiger partial charge in [-0.15, -0.1) is 0 Å². The van der Waals surface area contributed by atoms with E-state index < -0.39 is 0 Å². The van der Waals surface area contributed by atoms with Crippen molar-refractivity contribution >= 4 is 33.8 Å². The lowest BCUT2D eigenvalue weighted by Gasteiger charge is -2.06. The fourth-order valence-electron chi connectivity index (χ4n) is 4.27. The maximum atomic E-state index is 12.2. The molecule has 1 saturated carbocycles. The number of pyridine rings is 3. The van der Waals surface area contributed by atoms with Crippen LogP contribution < -0.4 is 5.32 Å². The number of anilines is 1. The highest BCUT2D eigenvalue weighted by molar-refractivity contribution is 5.96.